The molecule has 6 nitrogen and oxygen atoms in total. The van der Waals surface area contributed by atoms with Crippen molar-refractivity contribution in [2.75, 3.05) is 43.1 Å². The summed E-state index contributed by atoms with van der Waals surface area (Å²) < 4.78 is 24.4. The highest BCUT2D eigenvalue weighted by atomic mass is 32.2. The number of nitrogens with zero attached hydrogens (tertiary/aromatic N) is 3. The topological polar surface area (TPSA) is 70.6 Å². The maximum atomic E-state index is 12.9. The Morgan fingerprint density at radius 3 is 2.60 bits per heavy atom. The van der Waals surface area contributed by atoms with Gasteiger partial charge in [0.25, 0.3) is 5.91 Å². The molecule has 1 saturated heterocycles. The van der Waals surface area contributed by atoms with Gasteiger partial charge in [-0.2, -0.15) is 0 Å². The molecule has 1 aliphatic rings. The minimum atomic E-state index is -3.24. The van der Waals surface area contributed by atoms with Crippen molar-refractivity contribution in [2.45, 2.75) is 16.7 Å². The van der Waals surface area contributed by atoms with Gasteiger partial charge in [0, 0.05) is 42.9 Å². The minimum absolute atomic E-state index is 0.0651. The summed E-state index contributed by atoms with van der Waals surface area (Å²) in [5.74, 6) is 1.04. The van der Waals surface area contributed by atoms with E-state index in [4.69, 9.17) is 0 Å². The molecule has 0 aliphatic carbocycles. The number of carbonyl (C=O) groups excluding carboxylic acids is 1. The second-order valence-corrected chi connectivity index (χ2v) is 11.5. The number of piperazine rings is 1. The molecule has 1 amide bonds. The van der Waals surface area contributed by atoms with Crippen LogP contribution in [0.15, 0.2) is 52.3 Å². The van der Waals surface area contributed by atoms with Crippen molar-refractivity contribution in [1.29, 1.82) is 0 Å². The van der Waals surface area contributed by atoms with Crippen molar-refractivity contribution in [1.82, 2.24) is 9.88 Å². The minimum Gasteiger partial charge on any atom is -0.345 e. The van der Waals surface area contributed by atoms with Gasteiger partial charge in [0.15, 0.2) is 15.0 Å². The van der Waals surface area contributed by atoms with Crippen molar-refractivity contribution >= 4 is 54.2 Å². The van der Waals surface area contributed by atoms with Crippen LogP contribution in [0.3, 0.4) is 0 Å². The Bertz CT molecular complexity index is 1180. The zero-order valence-corrected chi connectivity index (χ0v) is 19.3. The molecule has 2 aromatic carbocycles. The molecule has 1 aromatic heterocycles. The number of anilines is 1. The van der Waals surface area contributed by atoms with Gasteiger partial charge >= 0.3 is 0 Å². The molecule has 0 bridgehead atoms. The molecule has 3 aromatic rings. The molecular formula is C21H23N3O3S3. The normalized spacial score (nSPS) is 15.0. The van der Waals surface area contributed by atoms with Crippen molar-refractivity contribution in [3.8, 4) is 0 Å². The van der Waals surface area contributed by atoms with Crippen LogP contribution in [0, 0.1) is 0 Å². The van der Waals surface area contributed by atoms with E-state index in [0.717, 1.165) is 31.6 Å². The van der Waals surface area contributed by atoms with E-state index in [1.165, 1.54) is 17.6 Å². The maximum Gasteiger partial charge on any atom is 0.254 e. The summed E-state index contributed by atoms with van der Waals surface area (Å²) in [5, 5.41) is 0.865. The Balaban J connectivity index is 1.45. The van der Waals surface area contributed by atoms with Gasteiger partial charge in [-0.25, -0.2) is 13.4 Å². The van der Waals surface area contributed by atoms with Gasteiger partial charge in [-0.05, 0) is 42.2 Å². The van der Waals surface area contributed by atoms with Crippen LogP contribution in [0.1, 0.15) is 17.3 Å². The number of hydrogen-bond acceptors (Lipinski definition) is 7. The van der Waals surface area contributed by atoms with E-state index in [1.807, 2.05) is 29.2 Å². The Hall–Kier alpha value is -2.10. The molecule has 0 atom stereocenters. The fourth-order valence-corrected chi connectivity index (χ4v) is 5.92. The number of rotatable bonds is 5. The Kier molecular flexibility index (Phi) is 6.04. The molecule has 0 radical (unpaired) electrons. The lowest BCUT2D eigenvalue weighted by atomic mass is 10.2. The zero-order chi connectivity index (χ0) is 21.3. The first-order chi connectivity index (χ1) is 14.3. The number of thiazole rings is 1. The van der Waals surface area contributed by atoms with Crippen LogP contribution in [-0.2, 0) is 9.84 Å². The summed E-state index contributed by atoms with van der Waals surface area (Å²) in [6.07, 6.45) is 1.21. The zero-order valence-electron chi connectivity index (χ0n) is 16.9. The molecular weight excluding hydrogens is 438 g/mol. The SMILES string of the molecule is CCSc1cccc(C(=O)N2CCN(c3nc4ccc(S(C)(=O)=O)cc4s3)CC2)c1. The van der Waals surface area contributed by atoms with Crippen molar-refractivity contribution < 1.29 is 13.2 Å². The van der Waals surface area contributed by atoms with Crippen LogP contribution < -0.4 is 4.90 Å². The van der Waals surface area contributed by atoms with Gasteiger partial charge < -0.3 is 9.80 Å². The summed E-state index contributed by atoms with van der Waals surface area (Å²) in [6.45, 7) is 4.77. The molecule has 9 heteroatoms. The van der Waals surface area contributed by atoms with Gasteiger partial charge in [0.2, 0.25) is 0 Å². The standard InChI is InChI=1S/C21H23N3O3S3/c1-3-28-16-6-4-5-15(13-16)20(25)23-9-11-24(12-10-23)21-22-18-8-7-17(30(2,26)27)14-19(18)29-21/h4-8,13-14H,3,9-12H2,1-2H3. The molecule has 30 heavy (non-hydrogen) atoms. The molecule has 1 fully saturated rings. The van der Waals surface area contributed by atoms with Gasteiger partial charge in [0.1, 0.15) is 0 Å². The number of thioether (sulfide) groups is 1. The number of fused-ring (bicyclic) bond motifs is 1. The average molecular weight is 462 g/mol. The molecule has 0 unspecified atom stereocenters. The van der Waals surface area contributed by atoms with E-state index in [0.29, 0.717) is 31.1 Å². The average Bonchev–Trinajstić information content (AvgIpc) is 3.17. The molecule has 4 rings (SSSR count). The van der Waals surface area contributed by atoms with Gasteiger partial charge in [-0.1, -0.05) is 24.3 Å². The number of amides is 1. The monoisotopic (exact) mass is 461 g/mol. The van der Waals surface area contributed by atoms with Crippen molar-refractivity contribution in [2.24, 2.45) is 0 Å². The van der Waals surface area contributed by atoms with Crippen LogP contribution in [0.25, 0.3) is 10.2 Å². The van der Waals surface area contributed by atoms with E-state index < -0.39 is 9.84 Å². The van der Waals surface area contributed by atoms with Crippen molar-refractivity contribution in [3.05, 3.63) is 48.0 Å². The van der Waals surface area contributed by atoms with Gasteiger partial charge in [-0.3, -0.25) is 4.79 Å². The Labute approximate surface area is 184 Å². The maximum absolute atomic E-state index is 12.9. The largest absolute Gasteiger partial charge is 0.345 e. The number of carbonyl (C=O) groups is 1. The van der Waals surface area contributed by atoms with Crippen LogP contribution in [0.5, 0.6) is 0 Å². The lowest BCUT2D eigenvalue weighted by molar-refractivity contribution is 0.0746. The second-order valence-electron chi connectivity index (χ2n) is 7.14. The number of benzene rings is 2. The molecule has 2 heterocycles. The van der Waals surface area contributed by atoms with E-state index in [2.05, 4.69) is 16.8 Å². The first-order valence-corrected chi connectivity index (χ1v) is 13.4. The highest BCUT2D eigenvalue weighted by molar-refractivity contribution is 7.99. The molecule has 0 spiro atoms. The predicted octanol–water partition coefficient (Wildman–Crippen LogP) is 3.77. The summed E-state index contributed by atoms with van der Waals surface area (Å²) in [5.41, 5.74) is 1.53. The van der Waals surface area contributed by atoms with E-state index in [9.17, 15) is 13.2 Å². The number of hydrogen-bond donors (Lipinski definition) is 0. The fraction of sp³-hybridized carbons (Fsp3) is 0.333. The molecule has 0 N–H and O–H groups in total. The molecule has 0 saturated carbocycles. The number of aromatic nitrogens is 1. The summed E-state index contributed by atoms with van der Waals surface area (Å²) in [6, 6.07) is 12.9. The highest BCUT2D eigenvalue weighted by Gasteiger charge is 2.24. The second kappa shape index (κ2) is 8.56. The fourth-order valence-electron chi connectivity index (χ4n) is 3.43. The van der Waals surface area contributed by atoms with E-state index in [-0.39, 0.29) is 5.91 Å². The first kappa shape index (κ1) is 21.1. The first-order valence-electron chi connectivity index (χ1n) is 9.73. The van der Waals surface area contributed by atoms with Crippen LogP contribution in [-0.4, -0.2) is 62.4 Å². The van der Waals surface area contributed by atoms with Crippen molar-refractivity contribution in [3.63, 3.8) is 0 Å². The smallest absolute Gasteiger partial charge is 0.254 e. The lowest BCUT2D eigenvalue weighted by Crippen LogP contribution is -2.48. The van der Waals surface area contributed by atoms with Crippen LogP contribution >= 0.6 is 23.1 Å². The highest BCUT2D eigenvalue weighted by Crippen LogP contribution is 2.31. The quantitative estimate of drug-likeness (QED) is 0.539. The summed E-state index contributed by atoms with van der Waals surface area (Å²) in [7, 11) is -3.24. The molecule has 158 valence electrons. The third kappa shape index (κ3) is 4.48. The third-order valence-corrected chi connectivity index (χ3v) is 8.07. The predicted molar refractivity (Wildman–Crippen MR) is 124 cm³/mol. The number of sulfone groups is 1. The van der Waals surface area contributed by atoms with Crippen LogP contribution in [0.2, 0.25) is 0 Å². The van der Waals surface area contributed by atoms with E-state index >= 15 is 0 Å². The van der Waals surface area contributed by atoms with Crippen LogP contribution in [0.4, 0.5) is 5.13 Å². The van der Waals surface area contributed by atoms with Gasteiger partial charge in [0.05, 0.1) is 15.1 Å². The molecule has 1 aliphatic heterocycles. The Morgan fingerprint density at radius 1 is 1.13 bits per heavy atom. The summed E-state index contributed by atoms with van der Waals surface area (Å²) in [4.78, 5) is 23.0. The van der Waals surface area contributed by atoms with Gasteiger partial charge in [-0.15, -0.1) is 11.8 Å². The lowest BCUT2D eigenvalue weighted by Gasteiger charge is -2.34. The van der Waals surface area contributed by atoms with E-state index in [1.54, 1.807) is 30.0 Å². The third-order valence-electron chi connectivity index (χ3n) is 5.01. The Morgan fingerprint density at radius 2 is 1.90 bits per heavy atom. The summed E-state index contributed by atoms with van der Waals surface area (Å²) >= 11 is 3.22.